The van der Waals surface area contributed by atoms with Crippen molar-refractivity contribution in [2.45, 2.75) is 53.6 Å². The Morgan fingerprint density at radius 2 is 1.39 bits per heavy atom. The zero-order valence-electron chi connectivity index (χ0n) is 21.3. The summed E-state index contributed by atoms with van der Waals surface area (Å²) in [6.07, 6.45) is 2.24. The molecule has 2 aromatic heterocycles. The topological polar surface area (TPSA) is 143 Å². The number of amides is 1. The summed E-state index contributed by atoms with van der Waals surface area (Å²) in [5, 5.41) is 2.57. The molecule has 194 valence electrons. The summed E-state index contributed by atoms with van der Waals surface area (Å²) >= 11 is 0. The Hall–Kier alpha value is -4.02. The van der Waals surface area contributed by atoms with E-state index in [1.807, 2.05) is 0 Å². The van der Waals surface area contributed by atoms with Crippen LogP contribution in [0.25, 0.3) is 0 Å². The van der Waals surface area contributed by atoms with Crippen LogP contribution in [0.15, 0.2) is 24.5 Å². The highest BCUT2D eigenvalue weighted by atomic mass is 16.6. The average Bonchev–Trinajstić information content (AvgIpc) is 2.79. The Bertz CT molecular complexity index is 1120. The van der Waals surface area contributed by atoms with Crippen molar-refractivity contribution in [2.75, 3.05) is 25.1 Å². The van der Waals surface area contributed by atoms with Gasteiger partial charge in [-0.3, -0.25) is 15.3 Å². The fourth-order valence-corrected chi connectivity index (χ4v) is 2.80. The number of anilines is 1. The van der Waals surface area contributed by atoms with E-state index in [1.54, 1.807) is 41.5 Å². The Balaban J connectivity index is 1.86. The minimum Gasteiger partial charge on any atom is -0.462 e. The van der Waals surface area contributed by atoms with Gasteiger partial charge in [-0.15, -0.1) is 0 Å². The maximum atomic E-state index is 12.4. The molecular weight excluding hydrogens is 470 g/mol. The van der Waals surface area contributed by atoms with Gasteiger partial charge in [-0.05, 0) is 53.7 Å². The van der Waals surface area contributed by atoms with E-state index in [0.29, 0.717) is 17.1 Å². The molecule has 2 heterocycles. The molecule has 0 saturated carbocycles. The van der Waals surface area contributed by atoms with Crippen LogP contribution in [-0.4, -0.2) is 59.4 Å². The second-order valence-corrected chi connectivity index (χ2v) is 8.69. The molecule has 11 nitrogen and oxygen atoms in total. The smallest absolute Gasteiger partial charge is 0.412 e. The zero-order valence-corrected chi connectivity index (χ0v) is 21.3. The largest absolute Gasteiger partial charge is 0.462 e. The third kappa shape index (κ3) is 8.64. The molecule has 0 aliphatic rings. The molecule has 0 saturated heterocycles. The van der Waals surface area contributed by atoms with Crippen molar-refractivity contribution in [1.82, 2.24) is 9.97 Å². The molecule has 1 N–H and O–H groups in total. The van der Waals surface area contributed by atoms with E-state index in [9.17, 15) is 19.2 Å². The van der Waals surface area contributed by atoms with Gasteiger partial charge >= 0.3 is 24.0 Å². The van der Waals surface area contributed by atoms with Crippen LogP contribution in [0, 0.1) is 13.8 Å². The van der Waals surface area contributed by atoms with Gasteiger partial charge in [0.15, 0.2) is 0 Å². The van der Waals surface area contributed by atoms with Crippen molar-refractivity contribution >= 4 is 29.7 Å². The first-order chi connectivity index (χ1) is 16.9. The van der Waals surface area contributed by atoms with Crippen LogP contribution in [0.1, 0.15) is 76.6 Å². The number of carbonyl (C=O) groups is 4. The lowest BCUT2D eigenvalue weighted by atomic mass is 10.1. The van der Waals surface area contributed by atoms with Gasteiger partial charge in [0.25, 0.3) is 0 Å². The minimum absolute atomic E-state index is 0.0189. The molecule has 36 heavy (non-hydrogen) atoms. The molecule has 0 bridgehead atoms. The quantitative estimate of drug-likeness (QED) is 0.304. The van der Waals surface area contributed by atoms with Crippen LogP contribution in [0.3, 0.4) is 0 Å². The van der Waals surface area contributed by atoms with E-state index in [2.05, 4.69) is 15.3 Å². The summed E-state index contributed by atoms with van der Waals surface area (Å²) in [5.74, 6) is -1.89. The molecule has 0 fully saturated rings. The Morgan fingerprint density at radius 3 is 2.00 bits per heavy atom. The van der Waals surface area contributed by atoms with Gasteiger partial charge in [0.1, 0.15) is 5.60 Å². The van der Waals surface area contributed by atoms with E-state index >= 15 is 0 Å². The van der Waals surface area contributed by atoms with Crippen LogP contribution < -0.4 is 5.32 Å². The minimum atomic E-state index is -0.676. The molecule has 0 atom stereocenters. The number of esters is 3. The Kier molecular flexibility index (Phi) is 9.89. The molecular formula is C25H31N3O8. The number of nitrogens with zero attached hydrogens (tertiary/aromatic N) is 2. The van der Waals surface area contributed by atoms with Gasteiger partial charge in [-0.25, -0.2) is 19.2 Å². The Morgan fingerprint density at radius 1 is 0.833 bits per heavy atom. The lowest BCUT2D eigenvalue weighted by molar-refractivity contribution is 0.0393. The highest BCUT2D eigenvalue weighted by Crippen LogP contribution is 2.17. The molecule has 0 aliphatic carbocycles. The van der Waals surface area contributed by atoms with E-state index in [-0.39, 0.29) is 42.9 Å². The summed E-state index contributed by atoms with van der Waals surface area (Å²) in [6, 6.07) is 2.82. The van der Waals surface area contributed by atoms with Crippen LogP contribution in [0.4, 0.5) is 10.5 Å². The first kappa shape index (κ1) is 28.2. The van der Waals surface area contributed by atoms with Crippen LogP contribution >= 0.6 is 0 Å². The number of rotatable bonds is 9. The van der Waals surface area contributed by atoms with Crippen molar-refractivity contribution in [2.24, 2.45) is 0 Å². The first-order valence-corrected chi connectivity index (χ1v) is 11.4. The number of nitrogens with one attached hydrogen (secondary N) is 1. The van der Waals surface area contributed by atoms with Gasteiger partial charge in [-0.2, -0.15) is 0 Å². The molecule has 2 rings (SSSR count). The molecule has 11 heteroatoms. The van der Waals surface area contributed by atoms with E-state index < -0.39 is 29.6 Å². The number of pyridine rings is 2. The fourth-order valence-electron chi connectivity index (χ4n) is 2.80. The number of aryl methyl sites for hydroxylation is 2. The number of hydrogen-bond donors (Lipinski definition) is 1. The second kappa shape index (κ2) is 12.6. The number of ether oxygens (including phenoxy) is 4. The molecule has 0 radical (unpaired) electrons. The highest BCUT2D eigenvalue weighted by molar-refractivity contribution is 5.95. The fraction of sp³-hybridized carbons (Fsp3) is 0.440. The lowest BCUT2D eigenvalue weighted by Crippen LogP contribution is -2.27. The summed E-state index contributed by atoms with van der Waals surface area (Å²) in [7, 11) is 0. The lowest BCUT2D eigenvalue weighted by Gasteiger charge is -2.20. The predicted molar refractivity (Wildman–Crippen MR) is 129 cm³/mol. The summed E-state index contributed by atoms with van der Waals surface area (Å²) in [6.45, 7) is 10.3. The van der Waals surface area contributed by atoms with Crippen LogP contribution in [0.5, 0.6) is 0 Å². The van der Waals surface area contributed by atoms with Gasteiger partial charge in [0.2, 0.25) is 0 Å². The third-order valence-corrected chi connectivity index (χ3v) is 4.53. The number of hydrogen-bond acceptors (Lipinski definition) is 10. The van der Waals surface area contributed by atoms with Crippen molar-refractivity contribution in [3.8, 4) is 0 Å². The SMILES string of the molecule is CCOC(=O)c1cnc(C)c(C(=O)OCCCOC(=O)c2cnc(C)c(NC(=O)OC(C)(C)C)c2)c1. The summed E-state index contributed by atoms with van der Waals surface area (Å²) in [4.78, 5) is 56.8. The maximum Gasteiger partial charge on any atom is 0.412 e. The second-order valence-electron chi connectivity index (χ2n) is 8.69. The van der Waals surface area contributed by atoms with E-state index in [4.69, 9.17) is 18.9 Å². The maximum absolute atomic E-state index is 12.4. The van der Waals surface area contributed by atoms with Crippen molar-refractivity contribution in [3.63, 3.8) is 0 Å². The van der Waals surface area contributed by atoms with Crippen molar-refractivity contribution in [1.29, 1.82) is 0 Å². The number of carbonyl (C=O) groups excluding carboxylic acids is 4. The van der Waals surface area contributed by atoms with Crippen molar-refractivity contribution in [3.05, 3.63) is 52.6 Å². The first-order valence-electron chi connectivity index (χ1n) is 11.4. The van der Waals surface area contributed by atoms with Gasteiger partial charge in [-0.1, -0.05) is 0 Å². The normalized spacial score (nSPS) is 10.8. The zero-order chi connectivity index (χ0) is 26.9. The monoisotopic (exact) mass is 501 g/mol. The highest BCUT2D eigenvalue weighted by Gasteiger charge is 2.19. The van der Waals surface area contributed by atoms with Crippen LogP contribution in [-0.2, 0) is 18.9 Å². The molecule has 0 aromatic carbocycles. The molecule has 0 aliphatic heterocycles. The molecule has 0 spiro atoms. The summed E-state index contributed by atoms with van der Waals surface area (Å²) < 4.78 is 20.6. The van der Waals surface area contributed by atoms with Crippen LogP contribution in [0.2, 0.25) is 0 Å². The van der Waals surface area contributed by atoms with Gasteiger partial charge < -0.3 is 18.9 Å². The molecule has 2 aromatic rings. The van der Waals surface area contributed by atoms with Gasteiger partial charge in [0.05, 0.1) is 53.6 Å². The summed E-state index contributed by atoms with van der Waals surface area (Å²) in [5.41, 5.74) is 0.986. The average molecular weight is 502 g/mol. The number of aromatic nitrogens is 2. The molecule has 0 unspecified atom stereocenters. The van der Waals surface area contributed by atoms with Crippen molar-refractivity contribution < 1.29 is 38.1 Å². The predicted octanol–water partition coefficient (Wildman–Crippen LogP) is 4.02. The van der Waals surface area contributed by atoms with E-state index in [0.717, 1.165) is 0 Å². The van der Waals surface area contributed by atoms with Gasteiger partial charge in [0, 0.05) is 18.8 Å². The van der Waals surface area contributed by atoms with E-state index in [1.165, 1.54) is 24.5 Å². The third-order valence-electron chi connectivity index (χ3n) is 4.53. The standard InChI is InChI=1S/C25H31N3O8/c1-7-33-21(29)17-11-19(15(2)26-13-17)23(31)35-10-8-9-34-22(30)18-12-20(16(3)27-14-18)28-24(32)36-25(4,5)6/h11-14H,7-10H2,1-6H3,(H,28,32). The molecule has 1 amide bonds. The Labute approximate surface area is 209 Å².